The summed E-state index contributed by atoms with van der Waals surface area (Å²) in [4.78, 5) is 42.8. The van der Waals surface area contributed by atoms with Crippen molar-refractivity contribution in [3.05, 3.63) is 119 Å². The molecule has 0 bridgehead atoms. The quantitative estimate of drug-likeness (QED) is 0.108. The van der Waals surface area contributed by atoms with Gasteiger partial charge >= 0.3 is 6.03 Å². The van der Waals surface area contributed by atoms with E-state index in [4.69, 9.17) is 33.8 Å². The highest BCUT2D eigenvalue weighted by Crippen LogP contribution is 2.42. The maximum absolute atomic E-state index is 14.9. The van der Waals surface area contributed by atoms with Crippen molar-refractivity contribution >= 4 is 80.1 Å². The van der Waals surface area contributed by atoms with Gasteiger partial charge in [0.05, 0.1) is 51.3 Å². The highest BCUT2D eigenvalue weighted by atomic mass is 35.5. The molecule has 2 aromatic heterocycles. The molecular formula is C44H44ClFN10OS. The maximum atomic E-state index is 14.9. The topological polar surface area (TPSA) is 130 Å². The first-order valence-corrected chi connectivity index (χ1v) is 20.3. The molecule has 2 aliphatic heterocycles. The van der Waals surface area contributed by atoms with Gasteiger partial charge in [-0.15, -0.1) is 0 Å². The number of halogens is 2. The van der Waals surface area contributed by atoms with E-state index in [1.54, 1.807) is 23.6 Å². The fourth-order valence-electron chi connectivity index (χ4n) is 8.71. The molecule has 2 amide bonds. The van der Waals surface area contributed by atoms with Gasteiger partial charge < -0.3 is 20.2 Å². The predicted molar refractivity (Wildman–Crippen MR) is 233 cm³/mol. The molecule has 9 rings (SSSR count). The molecule has 6 aromatic rings. The van der Waals surface area contributed by atoms with Gasteiger partial charge in [0.15, 0.2) is 5.11 Å². The Morgan fingerprint density at radius 2 is 1.43 bits per heavy atom. The van der Waals surface area contributed by atoms with Crippen LogP contribution >= 0.6 is 23.8 Å². The molecular weight excluding hydrogens is 771 g/mol. The van der Waals surface area contributed by atoms with Crippen LogP contribution in [-0.4, -0.2) is 54.3 Å². The first-order valence-electron chi connectivity index (χ1n) is 19.5. The Balaban J connectivity index is 0.976. The Labute approximate surface area is 346 Å². The molecule has 3 aliphatic rings. The summed E-state index contributed by atoms with van der Waals surface area (Å²) >= 11 is 12.1. The average molecular weight is 815 g/mol. The number of amidine groups is 2. The molecule has 296 valence electrons. The largest absolute Gasteiger partial charge is 0.345 e. The smallest absolute Gasteiger partial charge is 0.328 e. The van der Waals surface area contributed by atoms with Crippen LogP contribution in [0.3, 0.4) is 0 Å². The number of aliphatic imine (C=N–C) groups is 2. The Morgan fingerprint density at radius 1 is 0.810 bits per heavy atom. The van der Waals surface area contributed by atoms with Crippen molar-refractivity contribution in [2.24, 2.45) is 21.3 Å². The van der Waals surface area contributed by atoms with Gasteiger partial charge in [-0.1, -0.05) is 62.7 Å². The molecule has 1 saturated carbocycles. The van der Waals surface area contributed by atoms with Crippen LogP contribution in [-0.2, 0) is 6.42 Å². The van der Waals surface area contributed by atoms with Crippen molar-refractivity contribution in [1.82, 2.24) is 30.6 Å². The lowest BCUT2D eigenvalue weighted by Gasteiger charge is -2.31. The molecule has 14 heteroatoms. The number of fused-ring (bicyclic) bond motifs is 2. The van der Waals surface area contributed by atoms with Gasteiger partial charge in [-0.2, -0.15) is 0 Å². The van der Waals surface area contributed by atoms with Crippen molar-refractivity contribution < 1.29 is 9.18 Å². The SMILES string of the molecule is CC(C)(C)CC(C)(C)N=C1NC(=S)N(c2ccc3nc[nH]c3c2)C1c1ccc(CC2C[C@H]2N=C2NC(=O)N(c3ccc4nc[nH]c4c3)C2c2ccc(Cl)c(F)c2)cc1. The fraction of sp³-hybridized carbons (Fsp3) is 0.318. The number of carbonyl (C=O) groups is 1. The van der Waals surface area contributed by atoms with E-state index in [-0.39, 0.29) is 40.0 Å². The van der Waals surface area contributed by atoms with Crippen LogP contribution in [0.2, 0.25) is 5.02 Å². The van der Waals surface area contributed by atoms with E-state index in [2.05, 4.69) is 100 Å². The number of aromatic amines is 2. The zero-order valence-corrected chi connectivity index (χ0v) is 34.4. The normalized spacial score (nSPS) is 22.5. The maximum Gasteiger partial charge on any atom is 0.328 e. The van der Waals surface area contributed by atoms with Crippen molar-refractivity contribution in [3.63, 3.8) is 0 Å². The molecule has 4 aromatic carbocycles. The van der Waals surface area contributed by atoms with Crippen LogP contribution in [0.1, 0.15) is 76.2 Å². The van der Waals surface area contributed by atoms with Gasteiger partial charge in [-0.05, 0) is 122 Å². The zero-order chi connectivity index (χ0) is 40.5. The van der Waals surface area contributed by atoms with Gasteiger partial charge in [-0.25, -0.2) is 19.2 Å². The van der Waals surface area contributed by atoms with E-state index in [0.717, 1.165) is 58.4 Å². The van der Waals surface area contributed by atoms with Crippen LogP contribution < -0.4 is 20.4 Å². The number of carbonyl (C=O) groups excluding carboxylic acids is 1. The highest BCUT2D eigenvalue weighted by Gasteiger charge is 2.44. The summed E-state index contributed by atoms with van der Waals surface area (Å²) in [5, 5.41) is 7.09. The van der Waals surface area contributed by atoms with E-state index >= 15 is 0 Å². The molecule has 1 aliphatic carbocycles. The first kappa shape index (κ1) is 37.9. The van der Waals surface area contributed by atoms with Gasteiger partial charge in [-0.3, -0.25) is 20.2 Å². The summed E-state index contributed by atoms with van der Waals surface area (Å²) in [5.41, 5.74) is 7.55. The van der Waals surface area contributed by atoms with Crippen LogP contribution in [0.4, 0.5) is 20.6 Å². The van der Waals surface area contributed by atoms with E-state index in [9.17, 15) is 9.18 Å². The number of anilines is 2. The number of amides is 2. The van der Waals surface area contributed by atoms with Crippen LogP contribution in [0.5, 0.6) is 0 Å². The van der Waals surface area contributed by atoms with Crippen molar-refractivity contribution in [3.8, 4) is 0 Å². The third-order valence-electron chi connectivity index (χ3n) is 10.9. The van der Waals surface area contributed by atoms with E-state index < -0.39 is 11.9 Å². The number of hydrogen-bond acceptors (Lipinski definition) is 6. The number of urea groups is 1. The van der Waals surface area contributed by atoms with Crippen LogP contribution in [0, 0.1) is 17.2 Å². The Kier molecular flexibility index (Phi) is 9.35. The summed E-state index contributed by atoms with van der Waals surface area (Å²) in [5.74, 6) is 1.03. The fourth-order valence-corrected chi connectivity index (χ4v) is 9.15. The van der Waals surface area contributed by atoms with E-state index in [0.29, 0.717) is 22.2 Å². The van der Waals surface area contributed by atoms with Crippen molar-refractivity contribution in [2.75, 3.05) is 9.80 Å². The molecule has 3 unspecified atom stereocenters. The third kappa shape index (κ3) is 7.44. The number of hydrogen-bond donors (Lipinski definition) is 4. The Morgan fingerprint density at radius 3 is 2.07 bits per heavy atom. The predicted octanol–water partition coefficient (Wildman–Crippen LogP) is 9.58. The molecule has 3 fully saturated rings. The lowest BCUT2D eigenvalue weighted by molar-refractivity contribution is 0.252. The third-order valence-corrected chi connectivity index (χ3v) is 11.5. The number of nitrogens with one attached hydrogen (secondary N) is 4. The van der Waals surface area contributed by atoms with Crippen LogP contribution in [0.25, 0.3) is 22.1 Å². The van der Waals surface area contributed by atoms with Crippen molar-refractivity contribution in [2.45, 2.75) is 77.5 Å². The summed E-state index contributed by atoms with van der Waals surface area (Å²) in [6.07, 6.45) is 5.89. The average Bonchev–Trinajstić information content (AvgIpc) is 3.57. The van der Waals surface area contributed by atoms with Gasteiger partial charge in [0.1, 0.15) is 29.6 Å². The molecule has 4 atom stereocenters. The van der Waals surface area contributed by atoms with Crippen LogP contribution in [0.15, 0.2) is 102 Å². The van der Waals surface area contributed by atoms with Gasteiger partial charge in [0.2, 0.25) is 0 Å². The molecule has 0 radical (unpaired) electrons. The second kappa shape index (κ2) is 14.3. The van der Waals surface area contributed by atoms with E-state index in [1.807, 2.05) is 30.3 Å². The summed E-state index contributed by atoms with van der Waals surface area (Å²) in [7, 11) is 0. The molecule has 11 nitrogen and oxygen atoms in total. The van der Waals surface area contributed by atoms with Gasteiger partial charge in [0.25, 0.3) is 0 Å². The highest BCUT2D eigenvalue weighted by molar-refractivity contribution is 7.80. The zero-order valence-electron chi connectivity index (χ0n) is 32.8. The number of imidazole rings is 2. The summed E-state index contributed by atoms with van der Waals surface area (Å²) in [6.45, 7) is 11.1. The number of aromatic nitrogens is 4. The minimum absolute atomic E-state index is 0.00209. The lowest BCUT2D eigenvalue weighted by atomic mass is 9.82. The molecule has 4 heterocycles. The second-order valence-electron chi connectivity index (χ2n) is 17.4. The van der Waals surface area contributed by atoms with Crippen molar-refractivity contribution in [1.29, 1.82) is 0 Å². The minimum atomic E-state index is -0.660. The Bertz CT molecular complexity index is 2640. The van der Waals surface area contributed by atoms with E-state index in [1.165, 1.54) is 17.7 Å². The number of benzene rings is 4. The standard InChI is InChI=1S/C44H44ClFN10OS/c1-43(2,3)21-44(4,5)54-40-37(56(42(58)53-40)29-12-15-33-36(20-29)50-23-48-33)25-8-6-24(7-9-25)16-27-18-34(27)51-39-38(26-10-13-30(45)31(46)17-26)55(41(57)52-39)28-11-14-32-35(19-28)49-22-47-32/h6-15,17,19-20,22-23,27,34,37-38H,16,18,21H2,1-5H3,(H,47,49)(H,48,50)(H,51,52,57)(H,53,54,58)/t27?,34-,37?,38?/m1/s1. The number of nitrogens with zero attached hydrogens (tertiary/aromatic N) is 6. The number of rotatable bonds is 9. The second-order valence-corrected chi connectivity index (χ2v) is 18.2. The lowest BCUT2D eigenvalue weighted by Crippen LogP contribution is -2.31. The summed E-state index contributed by atoms with van der Waals surface area (Å²) < 4.78 is 14.9. The monoisotopic (exact) mass is 814 g/mol. The molecule has 4 N–H and O–H groups in total. The number of H-pyrrole nitrogens is 2. The van der Waals surface area contributed by atoms with Gasteiger partial charge in [0, 0.05) is 11.4 Å². The first-order chi connectivity index (χ1) is 27.7. The number of thiocarbonyl (C=S) groups is 1. The molecule has 58 heavy (non-hydrogen) atoms. The summed E-state index contributed by atoms with van der Waals surface area (Å²) in [6, 6.07) is 23.8. The molecule has 0 spiro atoms. The Hall–Kier alpha value is -5.66. The minimum Gasteiger partial charge on any atom is -0.345 e. The molecule has 2 saturated heterocycles.